The zero-order valence-electron chi connectivity index (χ0n) is 14.3. The summed E-state index contributed by atoms with van der Waals surface area (Å²) >= 11 is 0. The Labute approximate surface area is 129 Å². The van der Waals surface area contributed by atoms with Gasteiger partial charge in [0, 0.05) is 38.7 Å². The lowest BCUT2D eigenvalue weighted by Crippen LogP contribution is -2.33. The van der Waals surface area contributed by atoms with Crippen LogP contribution in [-0.2, 0) is 6.42 Å². The fourth-order valence-corrected chi connectivity index (χ4v) is 2.08. The molecule has 0 aliphatic rings. The van der Waals surface area contributed by atoms with Crippen molar-refractivity contribution in [1.29, 1.82) is 0 Å². The molecule has 0 saturated heterocycles. The smallest absolute Gasteiger partial charge is 0.134 e. The molecule has 0 aromatic carbocycles. The standard InChI is InChI=1S/C16H31N5/c1-6-9-17-15-13-16(19-14(8-3)18-15)21(10-7-2)12-11-20(4)5/h13H,6-12H2,1-5H3,(H,17,18,19). The summed E-state index contributed by atoms with van der Waals surface area (Å²) in [5.41, 5.74) is 0. The maximum atomic E-state index is 4.71. The molecule has 0 amide bonds. The molecule has 5 heteroatoms. The van der Waals surface area contributed by atoms with Crippen LogP contribution in [0.4, 0.5) is 11.6 Å². The Hall–Kier alpha value is -1.36. The third-order valence-corrected chi connectivity index (χ3v) is 3.27. The quantitative estimate of drug-likeness (QED) is 0.718. The average Bonchev–Trinajstić information content (AvgIpc) is 2.48. The van der Waals surface area contributed by atoms with Crippen LogP contribution < -0.4 is 10.2 Å². The van der Waals surface area contributed by atoms with Crippen LogP contribution in [0.3, 0.4) is 0 Å². The second-order valence-corrected chi connectivity index (χ2v) is 5.60. The van der Waals surface area contributed by atoms with Gasteiger partial charge in [0.15, 0.2) is 0 Å². The van der Waals surface area contributed by atoms with Crippen molar-refractivity contribution >= 4 is 11.6 Å². The topological polar surface area (TPSA) is 44.3 Å². The lowest BCUT2D eigenvalue weighted by atomic mass is 10.3. The van der Waals surface area contributed by atoms with Crippen molar-refractivity contribution in [2.45, 2.75) is 40.0 Å². The van der Waals surface area contributed by atoms with Gasteiger partial charge in [0.1, 0.15) is 17.5 Å². The average molecular weight is 293 g/mol. The Morgan fingerprint density at radius 1 is 1.00 bits per heavy atom. The van der Waals surface area contributed by atoms with Gasteiger partial charge in [0.25, 0.3) is 0 Å². The number of rotatable bonds is 10. The second kappa shape index (κ2) is 9.55. The molecule has 0 spiro atoms. The highest BCUT2D eigenvalue weighted by Crippen LogP contribution is 2.17. The third-order valence-electron chi connectivity index (χ3n) is 3.27. The van der Waals surface area contributed by atoms with Gasteiger partial charge in [-0.2, -0.15) is 0 Å². The molecule has 1 heterocycles. The number of anilines is 2. The van der Waals surface area contributed by atoms with Crippen molar-refractivity contribution in [2.75, 3.05) is 50.5 Å². The molecule has 1 aromatic heterocycles. The number of aromatic nitrogens is 2. The third kappa shape index (κ3) is 6.29. The van der Waals surface area contributed by atoms with E-state index in [0.717, 1.165) is 62.9 Å². The Bertz CT molecular complexity index is 406. The summed E-state index contributed by atoms with van der Waals surface area (Å²) in [6, 6.07) is 2.08. The molecule has 1 rings (SSSR count). The normalized spacial score (nSPS) is 11.0. The largest absolute Gasteiger partial charge is 0.370 e. The van der Waals surface area contributed by atoms with E-state index in [1.165, 1.54) is 0 Å². The van der Waals surface area contributed by atoms with Crippen LogP contribution in [0.15, 0.2) is 6.07 Å². The molecular weight excluding hydrogens is 262 g/mol. The number of likely N-dealkylation sites (N-methyl/N-ethyl adjacent to an activating group) is 1. The number of aryl methyl sites for hydroxylation is 1. The van der Waals surface area contributed by atoms with Crippen molar-refractivity contribution in [3.05, 3.63) is 11.9 Å². The van der Waals surface area contributed by atoms with Crippen molar-refractivity contribution in [3.8, 4) is 0 Å². The first-order valence-electron chi connectivity index (χ1n) is 8.12. The van der Waals surface area contributed by atoms with E-state index in [2.05, 4.69) is 61.0 Å². The Morgan fingerprint density at radius 2 is 1.76 bits per heavy atom. The van der Waals surface area contributed by atoms with Gasteiger partial charge in [-0.3, -0.25) is 0 Å². The van der Waals surface area contributed by atoms with Crippen LogP contribution in [0.5, 0.6) is 0 Å². The lowest BCUT2D eigenvalue weighted by molar-refractivity contribution is 0.412. The minimum absolute atomic E-state index is 0.863. The Balaban J connectivity index is 2.93. The van der Waals surface area contributed by atoms with E-state index in [-0.39, 0.29) is 0 Å². The molecule has 0 saturated carbocycles. The van der Waals surface area contributed by atoms with Crippen LogP contribution >= 0.6 is 0 Å². The molecule has 120 valence electrons. The minimum atomic E-state index is 0.863. The van der Waals surface area contributed by atoms with Crippen LogP contribution in [0.25, 0.3) is 0 Å². The van der Waals surface area contributed by atoms with E-state index in [1.54, 1.807) is 0 Å². The van der Waals surface area contributed by atoms with E-state index >= 15 is 0 Å². The summed E-state index contributed by atoms with van der Waals surface area (Å²) in [4.78, 5) is 13.8. The van der Waals surface area contributed by atoms with Gasteiger partial charge < -0.3 is 15.1 Å². The molecule has 0 bridgehead atoms. The highest BCUT2D eigenvalue weighted by Gasteiger charge is 2.11. The first-order chi connectivity index (χ1) is 10.1. The van der Waals surface area contributed by atoms with E-state index in [4.69, 9.17) is 4.98 Å². The monoisotopic (exact) mass is 293 g/mol. The van der Waals surface area contributed by atoms with Gasteiger partial charge >= 0.3 is 0 Å². The number of hydrogen-bond donors (Lipinski definition) is 1. The Morgan fingerprint density at radius 3 is 2.33 bits per heavy atom. The number of hydrogen-bond acceptors (Lipinski definition) is 5. The first-order valence-corrected chi connectivity index (χ1v) is 8.12. The van der Waals surface area contributed by atoms with Gasteiger partial charge in [0.05, 0.1) is 0 Å². The van der Waals surface area contributed by atoms with E-state index in [9.17, 15) is 0 Å². The first kappa shape index (κ1) is 17.7. The maximum absolute atomic E-state index is 4.71. The highest BCUT2D eigenvalue weighted by atomic mass is 15.2. The lowest BCUT2D eigenvalue weighted by Gasteiger charge is -2.25. The molecule has 0 atom stereocenters. The number of nitrogens with one attached hydrogen (secondary N) is 1. The maximum Gasteiger partial charge on any atom is 0.134 e. The van der Waals surface area contributed by atoms with Crippen molar-refractivity contribution in [2.24, 2.45) is 0 Å². The summed E-state index contributed by atoms with van der Waals surface area (Å²) in [6.07, 6.45) is 3.08. The SMILES string of the molecule is CCCNc1cc(N(CCC)CCN(C)C)nc(CC)n1. The fraction of sp³-hybridized carbons (Fsp3) is 0.750. The highest BCUT2D eigenvalue weighted by molar-refractivity contribution is 5.49. The van der Waals surface area contributed by atoms with Gasteiger partial charge in [-0.15, -0.1) is 0 Å². The van der Waals surface area contributed by atoms with Crippen molar-refractivity contribution in [3.63, 3.8) is 0 Å². The van der Waals surface area contributed by atoms with Crippen molar-refractivity contribution in [1.82, 2.24) is 14.9 Å². The van der Waals surface area contributed by atoms with Gasteiger partial charge in [-0.05, 0) is 26.9 Å². The molecule has 21 heavy (non-hydrogen) atoms. The van der Waals surface area contributed by atoms with Crippen LogP contribution in [0.2, 0.25) is 0 Å². The summed E-state index contributed by atoms with van der Waals surface area (Å²) in [5, 5.41) is 3.38. The molecular formula is C16H31N5. The van der Waals surface area contributed by atoms with Gasteiger partial charge in [-0.25, -0.2) is 9.97 Å². The van der Waals surface area contributed by atoms with Crippen molar-refractivity contribution < 1.29 is 0 Å². The molecule has 0 radical (unpaired) electrons. The summed E-state index contributed by atoms with van der Waals surface area (Å²) in [7, 11) is 4.21. The zero-order valence-corrected chi connectivity index (χ0v) is 14.3. The summed E-state index contributed by atoms with van der Waals surface area (Å²) in [5.74, 6) is 2.91. The van der Waals surface area contributed by atoms with Crippen LogP contribution in [0.1, 0.15) is 39.4 Å². The summed E-state index contributed by atoms with van der Waals surface area (Å²) < 4.78 is 0. The molecule has 0 aliphatic heterocycles. The molecule has 1 N–H and O–H groups in total. The fourth-order valence-electron chi connectivity index (χ4n) is 2.08. The minimum Gasteiger partial charge on any atom is -0.370 e. The Kier molecular flexibility index (Phi) is 8.05. The molecule has 0 unspecified atom stereocenters. The van der Waals surface area contributed by atoms with E-state index in [1.807, 2.05) is 0 Å². The van der Waals surface area contributed by atoms with Crippen LogP contribution in [-0.4, -0.2) is 55.1 Å². The molecule has 5 nitrogen and oxygen atoms in total. The molecule has 0 aliphatic carbocycles. The molecule has 0 fully saturated rings. The van der Waals surface area contributed by atoms with Gasteiger partial charge in [-0.1, -0.05) is 20.8 Å². The van der Waals surface area contributed by atoms with E-state index < -0.39 is 0 Å². The number of nitrogens with zero attached hydrogens (tertiary/aromatic N) is 4. The van der Waals surface area contributed by atoms with E-state index in [0.29, 0.717) is 0 Å². The molecule has 1 aromatic rings. The predicted octanol–water partition coefficient (Wildman–Crippen LogP) is 2.64. The second-order valence-electron chi connectivity index (χ2n) is 5.60. The summed E-state index contributed by atoms with van der Waals surface area (Å²) in [6.45, 7) is 10.5. The zero-order chi connectivity index (χ0) is 15.7. The van der Waals surface area contributed by atoms with Gasteiger partial charge in [0.2, 0.25) is 0 Å². The predicted molar refractivity (Wildman–Crippen MR) is 91.2 cm³/mol. The van der Waals surface area contributed by atoms with Crippen LogP contribution in [0, 0.1) is 0 Å².